The van der Waals surface area contributed by atoms with E-state index in [2.05, 4.69) is 21.8 Å². The Kier molecular flexibility index (Phi) is 6.27. The zero-order valence-electron chi connectivity index (χ0n) is 18.2. The number of aryl methyl sites for hydroxylation is 2. The number of aromatic nitrogens is 3. The molecule has 0 aliphatic carbocycles. The van der Waals surface area contributed by atoms with Gasteiger partial charge >= 0.3 is 0 Å². The van der Waals surface area contributed by atoms with E-state index in [9.17, 15) is 13.2 Å². The quantitative estimate of drug-likeness (QED) is 0.617. The molecule has 9 heteroatoms. The van der Waals surface area contributed by atoms with Gasteiger partial charge in [-0.1, -0.05) is 23.8 Å². The van der Waals surface area contributed by atoms with Gasteiger partial charge in [0.1, 0.15) is 12.2 Å². The first-order chi connectivity index (χ1) is 15.4. The second-order valence-electron chi connectivity index (χ2n) is 8.04. The maximum atomic E-state index is 13.1. The van der Waals surface area contributed by atoms with Gasteiger partial charge in [-0.3, -0.25) is 9.52 Å². The van der Waals surface area contributed by atoms with E-state index in [0.29, 0.717) is 24.3 Å². The minimum Gasteiger partial charge on any atom is -0.339 e. The average Bonchev–Trinajstić information content (AvgIpc) is 3.29. The maximum absolute atomic E-state index is 13.1. The maximum Gasteiger partial charge on any atom is 0.261 e. The van der Waals surface area contributed by atoms with Crippen LogP contribution in [0.5, 0.6) is 0 Å². The Balaban J connectivity index is 1.45. The van der Waals surface area contributed by atoms with Gasteiger partial charge < -0.3 is 9.47 Å². The number of benzene rings is 2. The topological polar surface area (TPSA) is 97.2 Å². The van der Waals surface area contributed by atoms with E-state index >= 15 is 0 Å². The number of nitrogens with one attached hydrogen (secondary N) is 1. The summed E-state index contributed by atoms with van der Waals surface area (Å²) in [5, 5.41) is 8.26. The summed E-state index contributed by atoms with van der Waals surface area (Å²) in [6.45, 7) is 6.00. The number of carbonyl (C=O) groups is 1. The van der Waals surface area contributed by atoms with Crippen molar-refractivity contribution >= 4 is 21.6 Å². The predicted octanol–water partition coefficient (Wildman–Crippen LogP) is 3.43. The summed E-state index contributed by atoms with van der Waals surface area (Å²) in [6.07, 6.45) is 3.35. The van der Waals surface area contributed by atoms with Gasteiger partial charge in [0.05, 0.1) is 4.90 Å². The third kappa shape index (κ3) is 4.67. The molecule has 2 heterocycles. The highest BCUT2D eigenvalue weighted by Gasteiger charge is 2.28. The smallest absolute Gasteiger partial charge is 0.261 e. The molecule has 168 valence electrons. The Bertz CT molecular complexity index is 1200. The van der Waals surface area contributed by atoms with Crippen LogP contribution in [-0.4, -0.2) is 47.1 Å². The van der Waals surface area contributed by atoms with Crippen molar-refractivity contribution in [2.75, 3.05) is 17.8 Å². The van der Waals surface area contributed by atoms with Crippen molar-refractivity contribution in [2.45, 2.75) is 44.0 Å². The first kappa shape index (κ1) is 22.0. The second kappa shape index (κ2) is 9.12. The molecule has 1 aromatic heterocycles. The summed E-state index contributed by atoms with van der Waals surface area (Å²) in [5.74, 6) is 1.08. The number of nitrogens with zero attached hydrogens (tertiary/aromatic N) is 4. The summed E-state index contributed by atoms with van der Waals surface area (Å²) < 4.78 is 30.3. The van der Waals surface area contributed by atoms with Crippen LogP contribution in [0.3, 0.4) is 0 Å². The van der Waals surface area contributed by atoms with Crippen molar-refractivity contribution in [3.8, 4) is 0 Å². The number of hydrogen-bond acceptors (Lipinski definition) is 5. The van der Waals surface area contributed by atoms with Crippen molar-refractivity contribution in [2.24, 2.45) is 0 Å². The van der Waals surface area contributed by atoms with E-state index in [-0.39, 0.29) is 16.7 Å². The lowest BCUT2D eigenvalue weighted by molar-refractivity contribution is 0.0710. The van der Waals surface area contributed by atoms with Gasteiger partial charge in [0, 0.05) is 36.8 Å². The molecule has 0 bridgehead atoms. The van der Waals surface area contributed by atoms with Gasteiger partial charge in [0.25, 0.3) is 15.9 Å². The molecule has 0 unspecified atom stereocenters. The van der Waals surface area contributed by atoms with Gasteiger partial charge in [0.15, 0.2) is 0 Å². The van der Waals surface area contributed by atoms with Crippen LogP contribution in [0.1, 0.15) is 47.4 Å². The number of carbonyl (C=O) groups excluding carboxylic acids is 1. The van der Waals surface area contributed by atoms with Gasteiger partial charge in [-0.25, -0.2) is 8.42 Å². The van der Waals surface area contributed by atoms with Crippen LogP contribution in [0.2, 0.25) is 0 Å². The molecular formula is C23H27N5O3S. The van der Waals surface area contributed by atoms with Crippen LogP contribution in [0.4, 0.5) is 5.69 Å². The summed E-state index contributed by atoms with van der Waals surface area (Å²) in [7, 11) is -3.80. The zero-order valence-corrected chi connectivity index (χ0v) is 19.0. The zero-order chi connectivity index (χ0) is 22.7. The van der Waals surface area contributed by atoms with E-state index < -0.39 is 10.0 Å². The molecule has 1 amide bonds. The fourth-order valence-corrected chi connectivity index (χ4v) is 5.08. The highest BCUT2D eigenvalue weighted by Crippen LogP contribution is 2.27. The summed E-state index contributed by atoms with van der Waals surface area (Å²) in [6, 6.07) is 13.3. The minimum absolute atomic E-state index is 0.0647. The Morgan fingerprint density at radius 1 is 1.12 bits per heavy atom. The summed E-state index contributed by atoms with van der Waals surface area (Å²) in [5.41, 5.74) is 1.89. The predicted molar refractivity (Wildman–Crippen MR) is 122 cm³/mol. The molecule has 0 atom stereocenters. The van der Waals surface area contributed by atoms with Gasteiger partial charge in [-0.05, 0) is 57.0 Å². The van der Waals surface area contributed by atoms with Crippen molar-refractivity contribution in [3.05, 3.63) is 71.8 Å². The van der Waals surface area contributed by atoms with Crippen LogP contribution in [0.15, 0.2) is 59.8 Å². The van der Waals surface area contributed by atoms with Gasteiger partial charge in [-0.2, -0.15) is 0 Å². The number of hydrogen-bond donors (Lipinski definition) is 1. The van der Waals surface area contributed by atoms with Crippen LogP contribution < -0.4 is 4.72 Å². The highest BCUT2D eigenvalue weighted by atomic mass is 32.2. The molecule has 1 saturated heterocycles. The van der Waals surface area contributed by atoms with Crippen LogP contribution in [0, 0.1) is 6.92 Å². The van der Waals surface area contributed by atoms with E-state index in [0.717, 1.165) is 30.8 Å². The average molecular weight is 454 g/mol. The van der Waals surface area contributed by atoms with Crippen molar-refractivity contribution in [1.29, 1.82) is 0 Å². The second-order valence-corrected chi connectivity index (χ2v) is 9.72. The summed E-state index contributed by atoms with van der Waals surface area (Å²) in [4.78, 5) is 14.9. The van der Waals surface area contributed by atoms with E-state index in [1.165, 1.54) is 12.1 Å². The van der Waals surface area contributed by atoms with Crippen LogP contribution in [0.25, 0.3) is 0 Å². The number of amides is 1. The molecule has 3 aromatic rings. The molecule has 0 spiro atoms. The van der Waals surface area contributed by atoms with E-state index in [4.69, 9.17) is 0 Å². The Morgan fingerprint density at radius 2 is 1.84 bits per heavy atom. The summed E-state index contributed by atoms with van der Waals surface area (Å²) >= 11 is 0. The van der Waals surface area contributed by atoms with Crippen molar-refractivity contribution < 1.29 is 13.2 Å². The van der Waals surface area contributed by atoms with Crippen LogP contribution in [-0.2, 0) is 16.6 Å². The van der Waals surface area contributed by atoms with Gasteiger partial charge in [0.2, 0.25) is 0 Å². The highest BCUT2D eigenvalue weighted by molar-refractivity contribution is 7.92. The fraction of sp³-hybridized carbons (Fsp3) is 0.348. The number of piperidine rings is 1. The van der Waals surface area contributed by atoms with Crippen molar-refractivity contribution in [3.63, 3.8) is 0 Å². The van der Waals surface area contributed by atoms with E-state index in [1.807, 2.05) is 23.6 Å². The molecule has 0 saturated carbocycles. The van der Waals surface area contributed by atoms with Crippen molar-refractivity contribution in [1.82, 2.24) is 19.7 Å². The molecule has 1 aliphatic heterocycles. The minimum atomic E-state index is -3.80. The normalized spacial score (nSPS) is 15.0. The molecule has 4 rings (SSSR count). The first-order valence-corrected chi connectivity index (χ1v) is 12.2. The lowest BCUT2D eigenvalue weighted by Crippen LogP contribution is -2.38. The SMILES string of the molecule is CCn1cnnc1C1CCN(C(=O)c2cccc(S(=O)(=O)Nc3ccc(C)cc3)c2)CC1. The lowest BCUT2D eigenvalue weighted by Gasteiger charge is -2.31. The molecule has 0 radical (unpaired) electrons. The molecule has 2 aromatic carbocycles. The Hall–Kier alpha value is -3.20. The molecule has 1 fully saturated rings. The van der Waals surface area contributed by atoms with Crippen LogP contribution >= 0.6 is 0 Å². The molecule has 1 N–H and O–H groups in total. The van der Waals surface area contributed by atoms with E-state index in [1.54, 1.807) is 35.5 Å². The third-order valence-corrected chi connectivity index (χ3v) is 7.21. The number of sulfonamides is 1. The molecular weight excluding hydrogens is 426 g/mol. The first-order valence-electron chi connectivity index (χ1n) is 10.7. The largest absolute Gasteiger partial charge is 0.339 e. The number of rotatable bonds is 6. The standard InChI is InChI=1S/C23H27N5O3S/c1-3-27-16-24-25-22(27)18-11-13-28(14-12-18)23(29)19-5-4-6-21(15-19)32(30,31)26-20-9-7-17(2)8-10-20/h4-10,15-16,18,26H,3,11-14H2,1-2H3. The number of likely N-dealkylation sites (tertiary alicyclic amines) is 1. The van der Waals surface area contributed by atoms with Gasteiger partial charge in [-0.15, -0.1) is 10.2 Å². The third-order valence-electron chi connectivity index (χ3n) is 5.83. The molecule has 8 nitrogen and oxygen atoms in total. The number of anilines is 1. The molecule has 1 aliphatic rings. The Morgan fingerprint density at radius 3 is 2.53 bits per heavy atom. The fourth-order valence-electron chi connectivity index (χ4n) is 3.98. The monoisotopic (exact) mass is 453 g/mol. The Labute approximate surface area is 188 Å². The lowest BCUT2D eigenvalue weighted by atomic mass is 9.95. The molecule has 32 heavy (non-hydrogen) atoms.